The van der Waals surface area contributed by atoms with Gasteiger partial charge in [-0.3, -0.25) is 4.79 Å². The van der Waals surface area contributed by atoms with E-state index in [0.29, 0.717) is 22.9 Å². The monoisotopic (exact) mass is 331 g/mol. The molecular weight excluding hydrogens is 310 g/mol. The standard InChI is InChI=1S/C19H22ClNO2/c1-3-5-6-14-7-10-16(11-8-14)21-19(22)15-9-12-18(23-4-2)17(20)13-15/h7-13H,3-6H2,1-2H3,(H,21,22). The summed E-state index contributed by atoms with van der Waals surface area (Å²) in [5.41, 5.74) is 2.57. The second-order valence-corrected chi connectivity index (χ2v) is 5.74. The van der Waals surface area contributed by atoms with Crippen LogP contribution in [0.15, 0.2) is 42.5 Å². The first-order valence-corrected chi connectivity index (χ1v) is 8.34. The Balaban J connectivity index is 2.02. The third-order valence-electron chi connectivity index (χ3n) is 3.52. The Morgan fingerprint density at radius 3 is 2.48 bits per heavy atom. The minimum absolute atomic E-state index is 0.184. The fraction of sp³-hybridized carbons (Fsp3) is 0.316. The van der Waals surface area contributed by atoms with Gasteiger partial charge in [0.25, 0.3) is 5.91 Å². The molecule has 4 heteroatoms. The Morgan fingerprint density at radius 1 is 1.13 bits per heavy atom. The third-order valence-corrected chi connectivity index (χ3v) is 3.82. The summed E-state index contributed by atoms with van der Waals surface area (Å²) >= 11 is 6.12. The van der Waals surface area contributed by atoms with Crippen molar-refractivity contribution in [2.24, 2.45) is 0 Å². The van der Waals surface area contributed by atoms with Gasteiger partial charge in [-0.2, -0.15) is 0 Å². The lowest BCUT2D eigenvalue weighted by molar-refractivity contribution is 0.102. The van der Waals surface area contributed by atoms with Crippen LogP contribution < -0.4 is 10.1 Å². The lowest BCUT2D eigenvalue weighted by Crippen LogP contribution is -2.12. The number of amides is 1. The van der Waals surface area contributed by atoms with Gasteiger partial charge in [-0.15, -0.1) is 0 Å². The average molecular weight is 332 g/mol. The van der Waals surface area contributed by atoms with E-state index < -0.39 is 0 Å². The summed E-state index contributed by atoms with van der Waals surface area (Å²) in [6, 6.07) is 13.0. The number of rotatable bonds is 7. The molecule has 2 aromatic rings. The van der Waals surface area contributed by atoms with Gasteiger partial charge in [0.15, 0.2) is 0 Å². The fourth-order valence-corrected chi connectivity index (χ4v) is 2.49. The van der Waals surface area contributed by atoms with Crippen molar-refractivity contribution in [1.29, 1.82) is 0 Å². The third kappa shape index (κ3) is 5.00. The molecule has 0 bridgehead atoms. The minimum Gasteiger partial charge on any atom is -0.492 e. The molecule has 1 N–H and O–H groups in total. The lowest BCUT2D eigenvalue weighted by atomic mass is 10.1. The Labute approximate surface area is 142 Å². The van der Waals surface area contributed by atoms with Gasteiger partial charge in [-0.05, 0) is 55.7 Å². The number of anilines is 1. The van der Waals surface area contributed by atoms with Crippen LogP contribution in [0.3, 0.4) is 0 Å². The molecule has 0 fully saturated rings. The van der Waals surface area contributed by atoms with Gasteiger partial charge in [0.05, 0.1) is 11.6 Å². The topological polar surface area (TPSA) is 38.3 Å². The molecule has 23 heavy (non-hydrogen) atoms. The molecular formula is C19H22ClNO2. The van der Waals surface area contributed by atoms with Gasteiger partial charge in [-0.1, -0.05) is 37.1 Å². The number of benzene rings is 2. The number of hydrogen-bond donors (Lipinski definition) is 1. The van der Waals surface area contributed by atoms with Crippen LogP contribution in [0, 0.1) is 0 Å². The summed E-state index contributed by atoms with van der Waals surface area (Å²) in [7, 11) is 0. The number of hydrogen-bond acceptors (Lipinski definition) is 2. The van der Waals surface area contributed by atoms with Crippen LogP contribution in [0.2, 0.25) is 5.02 Å². The quantitative estimate of drug-likeness (QED) is 0.744. The molecule has 1 amide bonds. The molecule has 2 rings (SSSR count). The van der Waals surface area contributed by atoms with E-state index in [1.54, 1.807) is 18.2 Å². The van der Waals surface area contributed by atoms with E-state index in [4.69, 9.17) is 16.3 Å². The first-order chi connectivity index (χ1) is 11.1. The van der Waals surface area contributed by atoms with Crippen molar-refractivity contribution in [2.45, 2.75) is 33.1 Å². The first kappa shape index (κ1) is 17.4. The Hall–Kier alpha value is -2.00. The Bertz CT molecular complexity index is 653. The van der Waals surface area contributed by atoms with Crippen molar-refractivity contribution >= 4 is 23.2 Å². The predicted molar refractivity (Wildman–Crippen MR) is 95.6 cm³/mol. The smallest absolute Gasteiger partial charge is 0.255 e. The van der Waals surface area contributed by atoms with E-state index in [0.717, 1.165) is 12.1 Å². The lowest BCUT2D eigenvalue weighted by Gasteiger charge is -2.09. The highest BCUT2D eigenvalue weighted by molar-refractivity contribution is 6.32. The number of halogens is 1. The molecule has 0 aliphatic carbocycles. The normalized spacial score (nSPS) is 10.4. The van der Waals surface area contributed by atoms with Crippen LogP contribution in [-0.4, -0.2) is 12.5 Å². The van der Waals surface area contributed by atoms with Gasteiger partial charge in [0, 0.05) is 11.3 Å². The fourth-order valence-electron chi connectivity index (χ4n) is 2.25. The number of unbranched alkanes of at least 4 members (excludes halogenated alkanes) is 1. The SMILES string of the molecule is CCCCc1ccc(NC(=O)c2ccc(OCC)c(Cl)c2)cc1. The number of ether oxygens (including phenoxy) is 1. The summed E-state index contributed by atoms with van der Waals surface area (Å²) < 4.78 is 5.37. The molecule has 0 spiro atoms. The summed E-state index contributed by atoms with van der Waals surface area (Å²) in [5, 5.41) is 3.32. The van der Waals surface area contributed by atoms with Gasteiger partial charge in [0.1, 0.15) is 5.75 Å². The van der Waals surface area contributed by atoms with Gasteiger partial charge >= 0.3 is 0 Å². The zero-order valence-corrected chi connectivity index (χ0v) is 14.3. The highest BCUT2D eigenvalue weighted by Crippen LogP contribution is 2.26. The Kier molecular flexibility index (Phi) is 6.48. The zero-order chi connectivity index (χ0) is 16.7. The molecule has 122 valence electrons. The zero-order valence-electron chi connectivity index (χ0n) is 13.6. The van der Waals surface area contributed by atoms with Crippen LogP contribution >= 0.6 is 11.6 Å². The summed E-state index contributed by atoms with van der Waals surface area (Å²) in [5.74, 6) is 0.405. The summed E-state index contributed by atoms with van der Waals surface area (Å²) in [4.78, 5) is 12.3. The van der Waals surface area contributed by atoms with E-state index in [9.17, 15) is 4.79 Å². The molecule has 0 heterocycles. The largest absolute Gasteiger partial charge is 0.492 e. The van der Waals surface area contributed by atoms with Crippen LogP contribution in [0.5, 0.6) is 5.75 Å². The Morgan fingerprint density at radius 2 is 1.87 bits per heavy atom. The second kappa shape index (κ2) is 8.59. The molecule has 0 aromatic heterocycles. The van der Waals surface area contributed by atoms with Crippen molar-refractivity contribution in [3.8, 4) is 5.75 Å². The van der Waals surface area contributed by atoms with Crippen molar-refractivity contribution in [1.82, 2.24) is 0 Å². The predicted octanol–water partition coefficient (Wildman–Crippen LogP) is 5.33. The van der Waals surface area contributed by atoms with E-state index in [1.807, 2.05) is 19.1 Å². The van der Waals surface area contributed by atoms with E-state index >= 15 is 0 Å². The molecule has 0 unspecified atom stereocenters. The van der Waals surface area contributed by atoms with E-state index in [-0.39, 0.29) is 5.91 Å². The summed E-state index contributed by atoms with van der Waals surface area (Å²) in [6.45, 7) is 4.60. The van der Waals surface area contributed by atoms with Crippen molar-refractivity contribution < 1.29 is 9.53 Å². The summed E-state index contributed by atoms with van der Waals surface area (Å²) in [6.07, 6.45) is 3.42. The maximum absolute atomic E-state index is 12.3. The molecule has 0 saturated heterocycles. The highest BCUT2D eigenvalue weighted by atomic mass is 35.5. The van der Waals surface area contributed by atoms with Gasteiger partial charge in [-0.25, -0.2) is 0 Å². The van der Waals surface area contributed by atoms with Crippen molar-refractivity contribution in [3.63, 3.8) is 0 Å². The van der Waals surface area contributed by atoms with Gasteiger partial charge in [0.2, 0.25) is 0 Å². The maximum Gasteiger partial charge on any atom is 0.255 e. The van der Waals surface area contributed by atoms with E-state index in [1.165, 1.54) is 18.4 Å². The molecule has 3 nitrogen and oxygen atoms in total. The average Bonchev–Trinajstić information content (AvgIpc) is 2.56. The second-order valence-electron chi connectivity index (χ2n) is 5.33. The van der Waals surface area contributed by atoms with E-state index in [2.05, 4.69) is 24.4 Å². The van der Waals surface area contributed by atoms with Crippen LogP contribution in [0.25, 0.3) is 0 Å². The van der Waals surface area contributed by atoms with Crippen molar-refractivity contribution in [3.05, 3.63) is 58.6 Å². The van der Waals surface area contributed by atoms with Crippen LogP contribution in [-0.2, 0) is 6.42 Å². The number of carbonyl (C=O) groups is 1. The molecule has 0 aliphatic heterocycles. The first-order valence-electron chi connectivity index (χ1n) is 7.96. The number of carbonyl (C=O) groups excluding carboxylic acids is 1. The number of aryl methyl sites for hydroxylation is 1. The highest BCUT2D eigenvalue weighted by Gasteiger charge is 2.09. The molecule has 0 radical (unpaired) electrons. The molecule has 0 atom stereocenters. The molecule has 0 aliphatic rings. The minimum atomic E-state index is -0.184. The molecule has 0 saturated carbocycles. The van der Waals surface area contributed by atoms with Crippen LogP contribution in [0.4, 0.5) is 5.69 Å². The maximum atomic E-state index is 12.3. The van der Waals surface area contributed by atoms with Crippen LogP contribution in [0.1, 0.15) is 42.6 Å². The molecule has 2 aromatic carbocycles. The number of nitrogens with one attached hydrogen (secondary N) is 1. The van der Waals surface area contributed by atoms with Crippen molar-refractivity contribution in [2.75, 3.05) is 11.9 Å². The van der Waals surface area contributed by atoms with Gasteiger partial charge < -0.3 is 10.1 Å².